The van der Waals surface area contributed by atoms with E-state index in [1.54, 1.807) is 42.5 Å². The molecule has 0 radical (unpaired) electrons. The molecule has 3 amide bonds. The van der Waals surface area contributed by atoms with Crippen LogP contribution in [0.5, 0.6) is 17.2 Å². The lowest BCUT2D eigenvalue weighted by atomic mass is 10.2. The molecule has 10 nitrogen and oxygen atoms in total. The topological polar surface area (TPSA) is 127 Å². The van der Waals surface area contributed by atoms with Crippen LogP contribution in [-0.4, -0.2) is 44.8 Å². The quantitative estimate of drug-likeness (QED) is 0.239. The van der Waals surface area contributed by atoms with E-state index in [-0.39, 0.29) is 6.61 Å². The summed E-state index contributed by atoms with van der Waals surface area (Å²) in [6.07, 6.45) is 1.31. The molecule has 0 atom stereocenters. The third-order valence-electron chi connectivity index (χ3n) is 4.61. The number of nitrogens with one attached hydrogen (secondary N) is 3. The van der Waals surface area contributed by atoms with Gasteiger partial charge in [-0.1, -0.05) is 0 Å². The highest BCUT2D eigenvalue weighted by Crippen LogP contribution is 2.27. The van der Waals surface area contributed by atoms with E-state index in [2.05, 4.69) is 21.2 Å². The number of methoxy groups -OCH3 is 2. The van der Waals surface area contributed by atoms with Gasteiger partial charge in [-0.3, -0.25) is 14.4 Å². The van der Waals surface area contributed by atoms with E-state index < -0.39 is 23.5 Å². The highest BCUT2D eigenvalue weighted by molar-refractivity contribution is 6.39. The lowest BCUT2D eigenvalue weighted by molar-refractivity contribution is -0.136. The van der Waals surface area contributed by atoms with Crippen LogP contribution in [0.25, 0.3) is 0 Å². The minimum Gasteiger partial charge on any atom is -0.497 e. The maximum Gasteiger partial charge on any atom is 0.329 e. The molecule has 11 heteroatoms. The lowest BCUT2D eigenvalue weighted by Gasteiger charge is -2.11. The van der Waals surface area contributed by atoms with Crippen LogP contribution in [0.4, 0.5) is 15.8 Å². The van der Waals surface area contributed by atoms with Crippen LogP contribution in [-0.2, 0) is 14.4 Å². The molecule has 0 aliphatic heterocycles. The summed E-state index contributed by atoms with van der Waals surface area (Å²) in [7, 11) is 2.94. The van der Waals surface area contributed by atoms with E-state index in [0.717, 1.165) is 0 Å². The Balaban J connectivity index is 1.51. The number of carbonyl (C=O) groups is 3. The molecule has 3 aromatic rings. The second kappa shape index (κ2) is 12.5. The first-order valence-corrected chi connectivity index (χ1v) is 10.5. The van der Waals surface area contributed by atoms with Crippen molar-refractivity contribution >= 4 is 35.3 Å². The Labute approximate surface area is 206 Å². The number of ether oxygens (including phenoxy) is 3. The molecule has 3 rings (SSSR count). The van der Waals surface area contributed by atoms with Gasteiger partial charge in [-0.05, 0) is 72.3 Å². The number of nitrogens with zero attached hydrogens (tertiary/aromatic N) is 1. The fraction of sp³-hybridized carbons (Fsp3) is 0.120. The van der Waals surface area contributed by atoms with E-state index in [9.17, 15) is 18.8 Å². The summed E-state index contributed by atoms with van der Waals surface area (Å²) in [5, 5.41) is 8.80. The van der Waals surface area contributed by atoms with Crippen LogP contribution in [0.2, 0.25) is 0 Å². The van der Waals surface area contributed by atoms with Gasteiger partial charge in [-0.2, -0.15) is 5.10 Å². The van der Waals surface area contributed by atoms with Crippen LogP contribution >= 0.6 is 0 Å². The molecule has 0 heterocycles. The molecular weight excluding hydrogens is 471 g/mol. The van der Waals surface area contributed by atoms with Crippen molar-refractivity contribution in [2.75, 3.05) is 31.5 Å². The molecule has 0 saturated carbocycles. The number of benzene rings is 3. The van der Waals surface area contributed by atoms with E-state index in [1.807, 2.05) is 0 Å². The summed E-state index contributed by atoms with van der Waals surface area (Å²) in [4.78, 5) is 36.0. The number of rotatable bonds is 9. The summed E-state index contributed by atoms with van der Waals surface area (Å²) < 4.78 is 28.8. The summed E-state index contributed by atoms with van der Waals surface area (Å²) >= 11 is 0. The highest BCUT2D eigenvalue weighted by Gasteiger charge is 2.13. The minimum atomic E-state index is -0.957. The number of hydrazone groups is 1. The zero-order valence-electron chi connectivity index (χ0n) is 19.4. The van der Waals surface area contributed by atoms with Crippen molar-refractivity contribution in [1.82, 2.24) is 5.43 Å². The number of hydrogen-bond donors (Lipinski definition) is 3. The Hall–Kier alpha value is -4.93. The molecule has 3 aromatic carbocycles. The minimum absolute atomic E-state index is 0.298. The molecule has 0 saturated heterocycles. The third-order valence-corrected chi connectivity index (χ3v) is 4.61. The first-order chi connectivity index (χ1) is 17.4. The molecule has 186 valence electrons. The molecule has 0 unspecified atom stereocenters. The van der Waals surface area contributed by atoms with Crippen LogP contribution in [0.3, 0.4) is 0 Å². The standard InChI is InChI=1S/C25H23FN4O6/c1-34-20-10-8-19(9-11-20)29-24(32)25(33)30-27-14-16-3-12-21(22(13-16)35-2)36-15-23(31)28-18-6-4-17(26)5-7-18/h3-14H,15H2,1-2H3,(H,28,31)(H,29,32)(H,30,33)/b27-14-. The van der Waals surface area contributed by atoms with Crippen LogP contribution in [0.15, 0.2) is 71.8 Å². The first-order valence-electron chi connectivity index (χ1n) is 10.5. The SMILES string of the molecule is COc1ccc(NC(=O)C(=O)N/N=C\c2ccc(OCC(=O)Nc3ccc(F)cc3)c(OC)c2)cc1. The molecule has 0 aromatic heterocycles. The smallest absolute Gasteiger partial charge is 0.329 e. The lowest BCUT2D eigenvalue weighted by Crippen LogP contribution is -2.32. The number of carbonyl (C=O) groups excluding carboxylic acids is 3. The fourth-order valence-electron chi connectivity index (χ4n) is 2.84. The Morgan fingerprint density at radius 3 is 2.17 bits per heavy atom. The van der Waals surface area contributed by atoms with Crippen LogP contribution < -0.4 is 30.3 Å². The molecule has 0 aliphatic rings. The van der Waals surface area contributed by atoms with Gasteiger partial charge in [-0.25, -0.2) is 9.82 Å². The van der Waals surface area contributed by atoms with Gasteiger partial charge in [0.05, 0.1) is 20.4 Å². The summed E-state index contributed by atoms with van der Waals surface area (Å²) in [6.45, 7) is -0.305. The van der Waals surface area contributed by atoms with E-state index in [1.165, 1.54) is 44.7 Å². The predicted octanol–water partition coefficient (Wildman–Crippen LogP) is 2.95. The molecule has 36 heavy (non-hydrogen) atoms. The van der Waals surface area contributed by atoms with Crippen molar-refractivity contribution in [3.63, 3.8) is 0 Å². The largest absolute Gasteiger partial charge is 0.497 e. The van der Waals surface area contributed by atoms with Gasteiger partial charge >= 0.3 is 11.8 Å². The number of halogens is 1. The van der Waals surface area contributed by atoms with E-state index >= 15 is 0 Å². The molecule has 0 bridgehead atoms. The Kier molecular flexibility index (Phi) is 8.93. The summed E-state index contributed by atoms with van der Waals surface area (Å²) in [5.74, 6) is -1.47. The van der Waals surface area contributed by atoms with Crippen molar-refractivity contribution in [1.29, 1.82) is 0 Å². The zero-order valence-corrected chi connectivity index (χ0v) is 19.4. The van der Waals surface area contributed by atoms with E-state index in [0.29, 0.717) is 34.2 Å². The highest BCUT2D eigenvalue weighted by atomic mass is 19.1. The van der Waals surface area contributed by atoms with Crippen LogP contribution in [0.1, 0.15) is 5.56 Å². The van der Waals surface area contributed by atoms with Gasteiger partial charge in [0.2, 0.25) is 0 Å². The van der Waals surface area contributed by atoms with Gasteiger partial charge in [0, 0.05) is 11.4 Å². The first kappa shape index (κ1) is 25.7. The Morgan fingerprint density at radius 1 is 0.833 bits per heavy atom. The van der Waals surface area contributed by atoms with E-state index in [4.69, 9.17) is 14.2 Å². The van der Waals surface area contributed by atoms with Gasteiger partial charge in [-0.15, -0.1) is 0 Å². The van der Waals surface area contributed by atoms with Crippen molar-refractivity contribution in [2.45, 2.75) is 0 Å². The third kappa shape index (κ3) is 7.55. The normalized spacial score (nSPS) is 10.4. The predicted molar refractivity (Wildman–Crippen MR) is 131 cm³/mol. The second-order valence-corrected chi connectivity index (χ2v) is 7.14. The average molecular weight is 494 g/mol. The number of amides is 3. The maximum atomic E-state index is 13.0. The monoisotopic (exact) mass is 494 g/mol. The second-order valence-electron chi connectivity index (χ2n) is 7.14. The maximum absolute atomic E-state index is 13.0. The van der Waals surface area contributed by atoms with Gasteiger partial charge in [0.15, 0.2) is 18.1 Å². The molecule has 0 spiro atoms. The van der Waals surface area contributed by atoms with Crippen LogP contribution in [0, 0.1) is 5.82 Å². The fourth-order valence-corrected chi connectivity index (χ4v) is 2.84. The van der Waals surface area contributed by atoms with Gasteiger partial charge in [0.1, 0.15) is 11.6 Å². The average Bonchev–Trinajstić information content (AvgIpc) is 2.89. The summed E-state index contributed by atoms with van der Waals surface area (Å²) in [6, 6.07) is 16.5. The number of anilines is 2. The molecule has 3 N–H and O–H groups in total. The van der Waals surface area contributed by atoms with Crippen molar-refractivity contribution in [3.05, 3.63) is 78.1 Å². The molecule has 0 fully saturated rings. The Bertz CT molecular complexity index is 1250. The zero-order chi connectivity index (χ0) is 25.9. The van der Waals surface area contributed by atoms with Gasteiger partial charge < -0.3 is 24.8 Å². The number of hydrogen-bond acceptors (Lipinski definition) is 7. The van der Waals surface area contributed by atoms with Gasteiger partial charge in [0.25, 0.3) is 5.91 Å². The van der Waals surface area contributed by atoms with Crippen molar-refractivity contribution < 1.29 is 33.0 Å². The Morgan fingerprint density at radius 2 is 1.50 bits per heavy atom. The summed E-state index contributed by atoms with van der Waals surface area (Å²) in [5.41, 5.74) is 3.53. The van der Waals surface area contributed by atoms with Crippen molar-refractivity contribution in [2.24, 2.45) is 5.10 Å². The molecular formula is C25H23FN4O6. The molecule has 0 aliphatic carbocycles. The van der Waals surface area contributed by atoms with Crippen molar-refractivity contribution in [3.8, 4) is 17.2 Å².